The van der Waals surface area contributed by atoms with Crippen molar-refractivity contribution in [1.29, 1.82) is 0 Å². The number of thioether (sulfide) groups is 1. The first-order chi connectivity index (χ1) is 23.0. The van der Waals surface area contributed by atoms with E-state index < -0.39 is 66.1 Å². The second-order valence-corrected chi connectivity index (χ2v) is 13.4. The van der Waals surface area contributed by atoms with Crippen molar-refractivity contribution in [1.82, 2.24) is 15.2 Å². The molecule has 1 N–H and O–H groups in total. The normalized spacial score (nSPS) is 17.4. The van der Waals surface area contributed by atoms with Crippen LogP contribution in [0.15, 0.2) is 88.5 Å². The molecule has 3 aromatic rings. The monoisotopic (exact) mass is 692 g/mol. The number of carbonyl (C=O) groups excluding carboxylic acids is 5. The number of rotatable bonds is 12. The predicted molar refractivity (Wildman–Crippen MR) is 175 cm³/mol. The number of thiazole rings is 1. The van der Waals surface area contributed by atoms with Gasteiger partial charge in [-0.25, -0.2) is 14.6 Å². The molecular weight excluding hydrogens is 661 g/mol. The van der Waals surface area contributed by atoms with Gasteiger partial charge in [-0.1, -0.05) is 65.8 Å². The first-order valence-electron chi connectivity index (χ1n) is 14.7. The summed E-state index contributed by atoms with van der Waals surface area (Å²) in [6, 6.07) is 17.4. The van der Waals surface area contributed by atoms with E-state index in [4.69, 9.17) is 19.0 Å². The number of nitrogens with zero attached hydrogens (tertiary/aromatic N) is 3. The molecule has 5 rings (SSSR count). The van der Waals surface area contributed by atoms with Crippen LogP contribution in [0.5, 0.6) is 0 Å². The lowest BCUT2D eigenvalue weighted by atomic mass is 9.98. The summed E-state index contributed by atoms with van der Waals surface area (Å²) in [6.45, 7) is 3.78. The Bertz CT molecular complexity index is 1670. The largest absolute Gasteiger partial charge is 0.450 e. The molecule has 0 radical (unpaired) electrons. The van der Waals surface area contributed by atoms with Gasteiger partial charge in [0.15, 0.2) is 11.8 Å². The summed E-state index contributed by atoms with van der Waals surface area (Å²) in [5, 5.41) is 7.50. The molecule has 0 saturated carbocycles. The SMILES string of the molecule is CC(C)(C)C(=O)OCOC(=O)C1=CCS[C@@H]2C(NC(=O)C(=NOCC(=O)OC(c3ccccc3)c3ccccc3)c3cscn3)C(=O)N12. The Morgan fingerprint density at radius 2 is 1.69 bits per heavy atom. The molecule has 2 amide bonds. The molecule has 3 heterocycles. The van der Waals surface area contributed by atoms with Crippen LogP contribution in [0.25, 0.3) is 0 Å². The van der Waals surface area contributed by atoms with Gasteiger partial charge in [-0.3, -0.25) is 19.3 Å². The number of benzene rings is 2. The number of fused-ring (bicyclic) bond motifs is 1. The Hall–Kier alpha value is -5.02. The number of ether oxygens (including phenoxy) is 3. The maximum absolute atomic E-state index is 13.4. The highest BCUT2D eigenvalue weighted by atomic mass is 32.2. The zero-order valence-corrected chi connectivity index (χ0v) is 27.8. The van der Waals surface area contributed by atoms with Gasteiger partial charge in [0.05, 0.1) is 10.9 Å². The van der Waals surface area contributed by atoms with Crippen molar-refractivity contribution in [2.24, 2.45) is 10.6 Å². The predicted octanol–water partition coefficient (Wildman–Crippen LogP) is 3.57. The fourth-order valence-electron chi connectivity index (χ4n) is 4.60. The van der Waals surface area contributed by atoms with Gasteiger partial charge >= 0.3 is 17.9 Å². The van der Waals surface area contributed by atoms with Crippen molar-refractivity contribution in [2.45, 2.75) is 38.3 Å². The number of carbonyl (C=O) groups is 5. The van der Waals surface area contributed by atoms with Crippen LogP contribution in [0.3, 0.4) is 0 Å². The topological polar surface area (TPSA) is 163 Å². The van der Waals surface area contributed by atoms with Gasteiger partial charge in [-0.05, 0) is 38.0 Å². The number of esters is 3. The summed E-state index contributed by atoms with van der Waals surface area (Å²) >= 11 is 2.54. The van der Waals surface area contributed by atoms with Gasteiger partial charge < -0.3 is 24.4 Å². The second-order valence-electron chi connectivity index (χ2n) is 11.5. The van der Waals surface area contributed by atoms with Crippen LogP contribution in [0.1, 0.15) is 43.7 Å². The van der Waals surface area contributed by atoms with E-state index in [9.17, 15) is 24.0 Å². The number of nitrogens with one attached hydrogen (secondary N) is 1. The van der Waals surface area contributed by atoms with Crippen LogP contribution >= 0.6 is 23.1 Å². The minimum atomic E-state index is -0.996. The first-order valence-corrected chi connectivity index (χ1v) is 16.7. The molecule has 13 nitrogen and oxygen atoms in total. The molecular formula is C33H32N4O9S2. The molecule has 1 fully saturated rings. The minimum absolute atomic E-state index is 0.0133. The smallest absolute Gasteiger partial charge is 0.357 e. The standard InChI is InChI=1S/C33H32N4O9S2/c1-33(2,3)32(42)44-19-43-31(41)23-14-15-48-30-26(29(40)37(23)30)35-28(39)25(22-17-47-18-34-22)36-45-16-24(38)46-27(20-10-6-4-7-11-20)21-12-8-5-9-13-21/h4-14,17-18,26-27,30H,15-16,19H2,1-3H3,(H,35,39)/t26?,30-/m1/s1. The molecule has 2 aliphatic heterocycles. The van der Waals surface area contributed by atoms with Gasteiger partial charge in [0.25, 0.3) is 11.8 Å². The van der Waals surface area contributed by atoms with Crippen molar-refractivity contribution >= 4 is 58.5 Å². The van der Waals surface area contributed by atoms with Crippen LogP contribution in [0.2, 0.25) is 0 Å². The van der Waals surface area contributed by atoms with Crippen LogP contribution in [0, 0.1) is 5.41 Å². The van der Waals surface area contributed by atoms with E-state index in [2.05, 4.69) is 15.5 Å². The van der Waals surface area contributed by atoms with Crippen LogP contribution < -0.4 is 5.32 Å². The van der Waals surface area contributed by atoms with Crippen molar-refractivity contribution in [3.63, 3.8) is 0 Å². The van der Waals surface area contributed by atoms with Crippen molar-refractivity contribution < 1.29 is 43.0 Å². The Morgan fingerprint density at radius 1 is 1.02 bits per heavy atom. The van der Waals surface area contributed by atoms with E-state index in [0.717, 1.165) is 11.1 Å². The maximum atomic E-state index is 13.4. The molecule has 1 aromatic heterocycles. The van der Waals surface area contributed by atoms with Gasteiger partial charge in [-0.2, -0.15) is 0 Å². The molecule has 48 heavy (non-hydrogen) atoms. The molecule has 15 heteroatoms. The third-order valence-corrected chi connectivity index (χ3v) is 8.79. The molecule has 1 saturated heterocycles. The van der Waals surface area contributed by atoms with Crippen LogP contribution in [0.4, 0.5) is 0 Å². The third kappa shape index (κ3) is 8.09. The van der Waals surface area contributed by atoms with Crippen LogP contribution in [-0.2, 0) is 43.0 Å². The fourth-order valence-corrected chi connectivity index (χ4v) is 6.33. The fraction of sp³-hybridized carbons (Fsp3) is 0.303. The van der Waals surface area contributed by atoms with Gasteiger partial charge in [0.1, 0.15) is 22.8 Å². The van der Waals surface area contributed by atoms with Crippen LogP contribution in [-0.4, -0.2) is 75.9 Å². The number of aromatic nitrogens is 1. The number of amides is 2. The van der Waals surface area contributed by atoms with E-state index in [-0.39, 0.29) is 17.1 Å². The van der Waals surface area contributed by atoms with E-state index in [0.29, 0.717) is 5.75 Å². The Morgan fingerprint density at radius 3 is 2.29 bits per heavy atom. The first kappa shape index (κ1) is 34.3. The maximum Gasteiger partial charge on any atom is 0.357 e. The van der Waals surface area contributed by atoms with E-state index >= 15 is 0 Å². The highest BCUT2D eigenvalue weighted by Crippen LogP contribution is 2.38. The number of β-lactam (4-membered cyclic amide) rings is 1. The summed E-state index contributed by atoms with van der Waals surface area (Å²) in [5.41, 5.74) is 2.14. The average Bonchev–Trinajstić information content (AvgIpc) is 3.62. The summed E-state index contributed by atoms with van der Waals surface area (Å²) in [5.74, 6) is -3.08. The molecule has 2 atom stereocenters. The molecule has 0 spiro atoms. The molecule has 2 aliphatic rings. The minimum Gasteiger partial charge on any atom is -0.450 e. The molecule has 250 valence electrons. The van der Waals surface area contributed by atoms with E-state index in [1.807, 2.05) is 60.7 Å². The van der Waals surface area contributed by atoms with Gasteiger partial charge in [-0.15, -0.1) is 23.1 Å². The third-order valence-electron chi connectivity index (χ3n) is 7.02. The van der Waals surface area contributed by atoms with Crippen molar-refractivity contribution in [3.05, 3.63) is 100 Å². The van der Waals surface area contributed by atoms with Gasteiger partial charge in [0.2, 0.25) is 13.4 Å². The molecule has 1 unspecified atom stereocenters. The highest BCUT2D eigenvalue weighted by molar-refractivity contribution is 8.00. The number of hydrogen-bond acceptors (Lipinski definition) is 13. The van der Waals surface area contributed by atoms with Gasteiger partial charge in [0, 0.05) is 11.1 Å². The van der Waals surface area contributed by atoms with Crippen molar-refractivity contribution in [3.8, 4) is 0 Å². The Labute approximate surface area is 284 Å². The lowest BCUT2D eigenvalue weighted by Gasteiger charge is -2.48. The quantitative estimate of drug-likeness (QED) is 0.0971. The highest BCUT2D eigenvalue weighted by Gasteiger charge is 2.53. The average molecular weight is 693 g/mol. The van der Waals surface area contributed by atoms with E-state index in [1.165, 1.54) is 39.6 Å². The summed E-state index contributed by atoms with van der Waals surface area (Å²) in [6.07, 6.45) is 0.837. The Kier molecular flexibility index (Phi) is 10.9. The summed E-state index contributed by atoms with van der Waals surface area (Å²) < 4.78 is 15.8. The van der Waals surface area contributed by atoms with E-state index in [1.54, 1.807) is 26.2 Å². The summed E-state index contributed by atoms with van der Waals surface area (Å²) in [4.78, 5) is 74.6. The number of hydrogen-bond donors (Lipinski definition) is 1. The second kappa shape index (κ2) is 15.3. The van der Waals surface area contributed by atoms with Crippen molar-refractivity contribution in [2.75, 3.05) is 19.2 Å². The lowest BCUT2D eigenvalue weighted by molar-refractivity contribution is -0.173. The molecule has 0 aliphatic carbocycles. The number of oxime groups is 1. The summed E-state index contributed by atoms with van der Waals surface area (Å²) in [7, 11) is 0. The Balaban J connectivity index is 1.20. The molecule has 2 aromatic carbocycles. The lowest BCUT2D eigenvalue weighted by Crippen LogP contribution is -2.70. The zero-order chi connectivity index (χ0) is 34.3. The molecule has 0 bridgehead atoms. The zero-order valence-electron chi connectivity index (χ0n) is 26.2.